The lowest BCUT2D eigenvalue weighted by Gasteiger charge is -2.36. The molecule has 2 aliphatic heterocycles. The molecule has 1 fully saturated rings. The van der Waals surface area contributed by atoms with Crippen molar-refractivity contribution >= 4 is 5.97 Å². The van der Waals surface area contributed by atoms with Gasteiger partial charge in [-0.05, 0) is 13.0 Å². The van der Waals surface area contributed by atoms with Crippen molar-refractivity contribution in [2.75, 3.05) is 13.1 Å². The number of nitrogens with zero attached hydrogens (tertiary/aromatic N) is 1. The third-order valence-electron chi connectivity index (χ3n) is 3.48. The average molecular weight is 222 g/mol. The SMILES string of the molecule is O=C(O)[C@H]1Cc2[nH]cnc2C2(CCNC2)N1. The van der Waals surface area contributed by atoms with Gasteiger partial charge in [0.2, 0.25) is 0 Å². The van der Waals surface area contributed by atoms with Crippen LogP contribution in [0.4, 0.5) is 0 Å². The first-order chi connectivity index (χ1) is 7.71. The summed E-state index contributed by atoms with van der Waals surface area (Å²) in [6.07, 6.45) is 3.01. The van der Waals surface area contributed by atoms with Gasteiger partial charge in [0.25, 0.3) is 0 Å². The number of carboxylic acid groups (broad SMARTS) is 1. The maximum atomic E-state index is 11.1. The lowest BCUT2D eigenvalue weighted by Crippen LogP contribution is -2.56. The highest BCUT2D eigenvalue weighted by atomic mass is 16.4. The Labute approximate surface area is 92.5 Å². The van der Waals surface area contributed by atoms with Crippen LogP contribution in [0.15, 0.2) is 6.33 Å². The van der Waals surface area contributed by atoms with Gasteiger partial charge in [-0.2, -0.15) is 0 Å². The van der Waals surface area contributed by atoms with Gasteiger partial charge in [0.05, 0.1) is 17.6 Å². The van der Waals surface area contributed by atoms with E-state index in [0.29, 0.717) is 6.42 Å². The first-order valence-corrected chi connectivity index (χ1v) is 5.45. The van der Waals surface area contributed by atoms with E-state index in [1.165, 1.54) is 0 Å². The van der Waals surface area contributed by atoms with Crippen LogP contribution in [0.2, 0.25) is 0 Å². The van der Waals surface area contributed by atoms with Crippen molar-refractivity contribution in [1.82, 2.24) is 20.6 Å². The minimum absolute atomic E-state index is 0.295. The summed E-state index contributed by atoms with van der Waals surface area (Å²) in [4.78, 5) is 18.5. The molecule has 0 aromatic carbocycles. The molecular weight excluding hydrogens is 208 g/mol. The van der Waals surface area contributed by atoms with Gasteiger partial charge in [-0.3, -0.25) is 10.1 Å². The van der Waals surface area contributed by atoms with Crippen LogP contribution in [-0.2, 0) is 16.8 Å². The second kappa shape index (κ2) is 3.29. The minimum atomic E-state index is -0.800. The molecule has 0 bridgehead atoms. The highest BCUT2D eigenvalue weighted by Crippen LogP contribution is 2.33. The molecule has 0 saturated carbocycles. The zero-order chi connectivity index (χ0) is 11.2. The highest BCUT2D eigenvalue weighted by molar-refractivity contribution is 5.74. The second-order valence-corrected chi connectivity index (χ2v) is 4.48. The molecule has 0 radical (unpaired) electrons. The lowest BCUT2D eigenvalue weighted by molar-refractivity contribution is -0.140. The molecule has 1 aromatic heterocycles. The molecule has 2 aliphatic rings. The number of imidazole rings is 1. The molecule has 1 unspecified atom stereocenters. The fraction of sp³-hybridized carbons (Fsp3) is 0.600. The summed E-state index contributed by atoms with van der Waals surface area (Å²) in [5.41, 5.74) is 1.64. The predicted molar refractivity (Wildman–Crippen MR) is 56.0 cm³/mol. The molecular formula is C10H14N4O2. The van der Waals surface area contributed by atoms with Crippen molar-refractivity contribution in [2.45, 2.75) is 24.4 Å². The Morgan fingerprint density at radius 2 is 2.50 bits per heavy atom. The topological polar surface area (TPSA) is 90.0 Å². The molecule has 4 N–H and O–H groups in total. The van der Waals surface area contributed by atoms with Gasteiger partial charge in [0.15, 0.2) is 0 Å². The van der Waals surface area contributed by atoms with Gasteiger partial charge in [-0.25, -0.2) is 4.98 Å². The van der Waals surface area contributed by atoms with Crippen LogP contribution in [0.3, 0.4) is 0 Å². The third kappa shape index (κ3) is 1.27. The Morgan fingerprint density at radius 1 is 1.62 bits per heavy atom. The molecule has 6 heteroatoms. The molecule has 16 heavy (non-hydrogen) atoms. The summed E-state index contributed by atoms with van der Waals surface area (Å²) in [5, 5.41) is 15.6. The number of nitrogens with one attached hydrogen (secondary N) is 3. The smallest absolute Gasteiger partial charge is 0.321 e. The molecule has 86 valence electrons. The van der Waals surface area contributed by atoms with Crippen LogP contribution in [0, 0.1) is 0 Å². The fourth-order valence-electron chi connectivity index (χ4n) is 2.71. The number of H-pyrrole nitrogens is 1. The summed E-state index contributed by atoms with van der Waals surface area (Å²) in [5.74, 6) is -0.800. The molecule has 0 amide bonds. The number of hydrogen-bond donors (Lipinski definition) is 4. The molecule has 3 rings (SSSR count). The van der Waals surface area contributed by atoms with Crippen molar-refractivity contribution < 1.29 is 9.90 Å². The summed E-state index contributed by atoms with van der Waals surface area (Å²) < 4.78 is 0. The predicted octanol–water partition coefficient (Wildman–Crippen LogP) is -0.803. The zero-order valence-electron chi connectivity index (χ0n) is 8.79. The number of fused-ring (bicyclic) bond motifs is 2. The van der Waals surface area contributed by atoms with Crippen molar-refractivity contribution in [1.29, 1.82) is 0 Å². The largest absolute Gasteiger partial charge is 0.480 e. The average Bonchev–Trinajstić information content (AvgIpc) is 2.87. The van der Waals surface area contributed by atoms with Crippen LogP contribution in [0.5, 0.6) is 0 Å². The van der Waals surface area contributed by atoms with Gasteiger partial charge in [0.1, 0.15) is 6.04 Å². The Balaban J connectivity index is 2.03. The van der Waals surface area contributed by atoms with Gasteiger partial charge in [-0.1, -0.05) is 0 Å². The first kappa shape index (κ1) is 9.80. The minimum Gasteiger partial charge on any atom is -0.480 e. The van der Waals surface area contributed by atoms with E-state index in [-0.39, 0.29) is 5.54 Å². The van der Waals surface area contributed by atoms with E-state index in [1.807, 2.05) is 0 Å². The molecule has 1 aromatic rings. The van der Waals surface area contributed by atoms with E-state index < -0.39 is 12.0 Å². The number of aromatic nitrogens is 2. The number of rotatable bonds is 1. The molecule has 3 heterocycles. The van der Waals surface area contributed by atoms with Gasteiger partial charge in [-0.15, -0.1) is 0 Å². The van der Waals surface area contributed by atoms with Crippen LogP contribution in [-0.4, -0.2) is 40.2 Å². The summed E-state index contributed by atoms with van der Waals surface area (Å²) in [6.45, 7) is 1.64. The van der Waals surface area contributed by atoms with Gasteiger partial charge < -0.3 is 15.4 Å². The van der Waals surface area contributed by atoms with E-state index in [9.17, 15) is 4.79 Å². The summed E-state index contributed by atoms with van der Waals surface area (Å²) in [7, 11) is 0. The number of carbonyl (C=O) groups is 1. The second-order valence-electron chi connectivity index (χ2n) is 4.48. The highest BCUT2D eigenvalue weighted by Gasteiger charge is 2.45. The fourth-order valence-corrected chi connectivity index (χ4v) is 2.71. The van der Waals surface area contributed by atoms with E-state index in [1.54, 1.807) is 6.33 Å². The molecule has 0 aliphatic carbocycles. The number of hydrogen-bond acceptors (Lipinski definition) is 4. The van der Waals surface area contributed by atoms with Crippen molar-refractivity contribution in [3.05, 3.63) is 17.7 Å². The Hall–Kier alpha value is -1.40. The molecule has 1 spiro atoms. The number of aromatic amines is 1. The molecule has 2 atom stereocenters. The zero-order valence-corrected chi connectivity index (χ0v) is 8.79. The van der Waals surface area contributed by atoms with Crippen LogP contribution < -0.4 is 10.6 Å². The van der Waals surface area contributed by atoms with E-state index in [4.69, 9.17) is 5.11 Å². The van der Waals surface area contributed by atoms with Gasteiger partial charge >= 0.3 is 5.97 Å². The summed E-state index contributed by atoms with van der Waals surface area (Å²) in [6, 6.07) is -0.521. The van der Waals surface area contributed by atoms with Crippen LogP contribution in [0.1, 0.15) is 17.8 Å². The molecule has 1 saturated heterocycles. The van der Waals surface area contributed by atoms with E-state index in [0.717, 1.165) is 30.9 Å². The maximum absolute atomic E-state index is 11.1. The quantitative estimate of drug-likeness (QED) is 0.499. The van der Waals surface area contributed by atoms with Crippen molar-refractivity contribution in [2.24, 2.45) is 0 Å². The number of carboxylic acids is 1. The Morgan fingerprint density at radius 3 is 3.19 bits per heavy atom. The monoisotopic (exact) mass is 222 g/mol. The summed E-state index contributed by atoms with van der Waals surface area (Å²) >= 11 is 0. The first-order valence-electron chi connectivity index (χ1n) is 5.45. The Bertz CT molecular complexity index is 422. The normalized spacial score (nSPS) is 32.9. The number of aliphatic carboxylic acids is 1. The lowest BCUT2D eigenvalue weighted by atomic mass is 9.85. The standard InChI is InChI=1S/C10H14N4O2/c15-9(16)7-3-6-8(13-5-12-6)10(14-7)1-2-11-4-10/h5,7,11,14H,1-4H2,(H,12,13)(H,15,16)/t7-,10?/m1/s1. The maximum Gasteiger partial charge on any atom is 0.321 e. The van der Waals surface area contributed by atoms with Crippen molar-refractivity contribution in [3.8, 4) is 0 Å². The van der Waals surface area contributed by atoms with Crippen LogP contribution >= 0.6 is 0 Å². The van der Waals surface area contributed by atoms with Crippen LogP contribution in [0.25, 0.3) is 0 Å². The van der Waals surface area contributed by atoms with Gasteiger partial charge in [0, 0.05) is 18.7 Å². The van der Waals surface area contributed by atoms with Crippen molar-refractivity contribution in [3.63, 3.8) is 0 Å². The van der Waals surface area contributed by atoms with E-state index in [2.05, 4.69) is 20.6 Å². The third-order valence-corrected chi connectivity index (χ3v) is 3.48. The van der Waals surface area contributed by atoms with E-state index >= 15 is 0 Å². The molecule has 6 nitrogen and oxygen atoms in total. The Kier molecular flexibility index (Phi) is 2.02.